The summed E-state index contributed by atoms with van der Waals surface area (Å²) in [6.07, 6.45) is 0. The van der Waals surface area contributed by atoms with Crippen molar-refractivity contribution in [2.24, 2.45) is 0 Å². The average Bonchev–Trinajstić information content (AvgIpc) is 2.61. The van der Waals surface area contributed by atoms with Crippen molar-refractivity contribution < 1.29 is 5.11 Å². The molecule has 4 rings (SSSR count). The van der Waals surface area contributed by atoms with Gasteiger partial charge in [0.15, 0.2) is 0 Å². The Balaban J connectivity index is 1.97. The molecule has 0 aliphatic rings. The van der Waals surface area contributed by atoms with Crippen molar-refractivity contribution in [3.63, 3.8) is 0 Å². The van der Waals surface area contributed by atoms with Gasteiger partial charge in [-0.1, -0.05) is 74.5 Å². The molecule has 0 saturated heterocycles. The minimum Gasteiger partial charge on any atom is -0.508 e. The number of aromatic nitrogens is 1. The Morgan fingerprint density at radius 1 is 0.750 bits per heavy atom. The maximum Gasteiger partial charge on any atom is 0.119 e. The summed E-state index contributed by atoms with van der Waals surface area (Å²) in [5, 5.41) is 13.7. The Morgan fingerprint density at radius 2 is 1.42 bits per heavy atom. The van der Waals surface area contributed by atoms with Crippen molar-refractivity contribution in [1.29, 1.82) is 0 Å². The van der Waals surface area contributed by atoms with Gasteiger partial charge in [0.1, 0.15) is 5.75 Å². The monoisotopic (exact) mass is 313 g/mol. The zero-order valence-electron chi connectivity index (χ0n) is 13.8. The Hall–Kier alpha value is -2.87. The van der Waals surface area contributed by atoms with Crippen molar-refractivity contribution in [3.8, 4) is 5.75 Å². The number of fused-ring (bicyclic) bond motifs is 3. The lowest BCUT2D eigenvalue weighted by atomic mass is 9.80. The van der Waals surface area contributed by atoms with Gasteiger partial charge >= 0.3 is 0 Å². The molecule has 0 spiro atoms. The fourth-order valence-corrected chi connectivity index (χ4v) is 3.35. The van der Waals surface area contributed by atoms with E-state index >= 15 is 0 Å². The van der Waals surface area contributed by atoms with Crippen LogP contribution in [0, 0.1) is 0 Å². The van der Waals surface area contributed by atoms with Gasteiger partial charge in [-0.15, -0.1) is 0 Å². The van der Waals surface area contributed by atoms with Gasteiger partial charge in [0.2, 0.25) is 0 Å². The molecule has 0 aliphatic carbocycles. The molecule has 0 amide bonds. The molecule has 0 radical (unpaired) electrons. The first-order valence-corrected chi connectivity index (χ1v) is 8.15. The van der Waals surface area contributed by atoms with E-state index < -0.39 is 0 Å². The van der Waals surface area contributed by atoms with Crippen molar-refractivity contribution >= 4 is 21.7 Å². The Labute approximate surface area is 141 Å². The summed E-state index contributed by atoms with van der Waals surface area (Å²) in [4.78, 5) is 4.98. The Morgan fingerprint density at radius 3 is 2.25 bits per heavy atom. The molecule has 2 heteroatoms. The lowest BCUT2D eigenvalue weighted by molar-refractivity contribution is 0.451. The maximum absolute atomic E-state index is 10.3. The van der Waals surface area contributed by atoms with Gasteiger partial charge in [0, 0.05) is 21.8 Å². The van der Waals surface area contributed by atoms with Crippen molar-refractivity contribution in [2.45, 2.75) is 19.3 Å². The highest BCUT2D eigenvalue weighted by molar-refractivity contribution is 6.05. The van der Waals surface area contributed by atoms with Gasteiger partial charge < -0.3 is 5.11 Å². The normalized spacial score (nSPS) is 11.9. The third-order valence-electron chi connectivity index (χ3n) is 4.80. The lowest BCUT2D eigenvalue weighted by Crippen LogP contribution is -2.20. The van der Waals surface area contributed by atoms with E-state index in [-0.39, 0.29) is 5.41 Å². The number of phenols is 1. The Kier molecular flexibility index (Phi) is 3.27. The molecule has 4 aromatic rings. The third-order valence-corrected chi connectivity index (χ3v) is 4.80. The highest BCUT2D eigenvalue weighted by Crippen LogP contribution is 2.36. The minimum absolute atomic E-state index is 0.308. The van der Waals surface area contributed by atoms with Crippen molar-refractivity contribution in [3.05, 3.63) is 84.1 Å². The van der Waals surface area contributed by atoms with Crippen LogP contribution in [0.5, 0.6) is 5.75 Å². The standard InChI is InChI=1S/C22H19NO/c1-22(2,18-9-5-6-10-19(18)24)20-14-13-16-12-11-15-7-3-4-8-17(15)21(16)23-20/h3-14,24H,1-2H3. The molecular weight excluding hydrogens is 294 g/mol. The number of phenolic OH excluding ortho intramolecular Hbond substituents is 1. The van der Waals surface area contributed by atoms with Crippen LogP contribution in [0.2, 0.25) is 0 Å². The second-order valence-corrected chi connectivity index (χ2v) is 6.70. The molecule has 24 heavy (non-hydrogen) atoms. The molecule has 1 heterocycles. The molecule has 0 bridgehead atoms. The number of aromatic hydroxyl groups is 1. The van der Waals surface area contributed by atoms with Gasteiger partial charge in [-0.2, -0.15) is 0 Å². The van der Waals surface area contributed by atoms with Crippen LogP contribution in [-0.2, 0) is 5.41 Å². The van der Waals surface area contributed by atoms with Gasteiger partial charge in [0.05, 0.1) is 11.2 Å². The number of para-hydroxylation sites is 1. The van der Waals surface area contributed by atoms with Crippen LogP contribution in [0.3, 0.4) is 0 Å². The van der Waals surface area contributed by atoms with Gasteiger partial charge in [0.25, 0.3) is 0 Å². The fourth-order valence-electron chi connectivity index (χ4n) is 3.35. The predicted molar refractivity (Wildman–Crippen MR) is 99.5 cm³/mol. The third kappa shape index (κ3) is 2.23. The van der Waals surface area contributed by atoms with E-state index in [1.807, 2.05) is 30.3 Å². The highest BCUT2D eigenvalue weighted by Gasteiger charge is 2.27. The number of hydrogen-bond acceptors (Lipinski definition) is 2. The molecule has 0 atom stereocenters. The zero-order valence-corrected chi connectivity index (χ0v) is 13.8. The van der Waals surface area contributed by atoms with E-state index in [2.05, 4.69) is 50.2 Å². The van der Waals surface area contributed by atoms with Crippen molar-refractivity contribution in [1.82, 2.24) is 4.98 Å². The summed E-state index contributed by atoms with van der Waals surface area (Å²) >= 11 is 0. The van der Waals surface area contributed by atoms with Gasteiger partial charge in [-0.05, 0) is 17.5 Å². The van der Waals surface area contributed by atoms with Crippen LogP contribution in [0.15, 0.2) is 72.8 Å². The fraction of sp³-hybridized carbons (Fsp3) is 0.136. The van der Waals surface area contributed by atoms with E-state index in [1.54, 1.807) is 6.07 Å². The van der Waals surface area contributed by atoms with E-state index in [4.69, 9.17) is 4.98 Å². The minimum atomic E-state index is -0.378. The van der Waals surface area contributed by atoms with E-state index in [0.29, 0.717) is 5.75 Å². The SMILES string of the molecule is CC(C)(c1ccc2ccc3ccccc3c2n1)c1ccccc1O. The summed E-state index contributed by atoms with van der Waals surface area (Å²) in [6.45, 7) is 4.20. The second-order valence-electron chi connectivity index (χ2n) is 6.70. The summed E-state index contributed by atoms with van der Waals surface area (Å²) in [6, 6.07) is 24.2. The number of rotatable bonds is 2. The number of hydrogen-bond donors (Lipinski definition) is 1. The second kappa shape index (κ2) is 5.34. The first kappa shape index (κ1) is 14.7. The van der Waals surface area contributed by atoms with Crippen LogP contribution < -0.4 is 0 Å². The smallest absolute Gasteiger partial charge is 0.119 e. The van der Waals surface area contributed by atoms with Crippen molar-refractivity contribution in [2.75, 3.05) is 0 Å². The molecule has 0 saturated carbocycles. The molecule has 0 aliphatic heterocycles. The topological polar surface area (TPSA) is 33.1 Å². The number of pyridine rings is 1. The molecule has 0 unspecified atom stereocenters. The number of nitrogens with zero attached hydrogens (tertiary/aromatic N) is 1. The molecule has 0 fully saturated rings. The van der Waals surface area contributed by atoms with Crippen LogP contribution in [0.25, 0.3) is 21.7 Å². The maximum atomic E-state index is 10.3. The predicted octanol–water partition coefficient (Wildman–Crippen LogP) is 5.42. The summed E-state index contributed by atoms with van der Waals surface area (Å²) in [5.41, 5.74) is 2.47. The van der Waals surface area contributed by atoms with Crippen LogP contribution >= 0.6 is 0 Å². The molecule has 3 aromatic carbocycles. The quantitative estimate of drug-likeness (QED) is 0.501. The molecule has 1 aromatic heterocycles. The molecule has 2 nitrogen and oxygen atoms in total. The highest BCUT2D eigenvalue weighted by atomic mass is 16.3. The zero-order chi connectivity index (χ0) is 16.7. The van der Waals surface area contributed by atoms with Crippen LogP contribution in [-0.4, -0.2) is 10.1 Å². The lowest BCUT2D eigenvalue weighted by Gasteiger charge is -2.26. The van der Waals surface area contributed by atoms with E-state index in [0.717, 1.165) is 27.5 Å². The first-order valence-electron chi connectivity index (χ1n) is 8.15. The van der Waals surface area contributed by atoms with Crippen LogP contribution in [0.4, 0.5) is 0 Å². The molecular formula is C22H19NO. The summed E-state index contributed by atoms with van der Waals surface area (Å²) in [7, 11) is 0. The first-order chi connectivity index (χ1) is 11.6. The van der Waals surface area contributed by atoms with Gasteiger partial charge in [-0.25, -0.2) is 0 Å². The number of benzene rings is 3. The average molecular weight is 313 g/mol. The largest absolute Gasteiger partial charge is 0.508 e. The Bertz CT molecular complexity index is 1050. The van der Waals surface area contributed by atoms with Crippen LogP contribution in [0.1, 0.15) is 25.1 Å². The summed E-state index contributed by atoms with van der Waals surface area (Å²) < 4.78 is 0. The van der Waals surface area contributed by atoms with Gasteiger partial charge in [-0.3, -0.25) is 4.98 Å². The molecule has 118 valence electrons. The van der Waals surface area contributed by atoms with E-state index in [1.165, 1.54) is 5.39 Å². The molecule has 1 N–H and O–H groups in total. The summed E-state index contributed by atoms with van der Waals surface area (Å²) in [5.74, 6) is 0.308. The van der Waals surface area contributed by atoms with E-state index in [9.17, 15) is 5.11 Å².